The number of hydrogen-bond donors (Lipinski definition) is 1. The van der Waals surface area contributed by atoms with Crippen molar-refractivity contribution in [2.45, 2.75) is 5.22 Å². The van der Waals surface area contributed by atoms with Gasteiger partial charge < -0.3 is 9.63 Å². The van der Waals surface area contributed by atoms with E-state index in [0.717, 1.165) is 0 Å². The van der Waals surface area contributed by atoms with Crippen molar-refractivity contribution in [2.24, 2.45) is 0 Å². The number of phenols is 1. The molecule has 0 unspecified atom stereocenters. The SMILES string of the molecule is O=C(CSc1nc(-c2ccccc2O)no1)c1ccccc1. The number of carbonyl (C=O) groups is 1. The maximum Gasteiger partial charge on any atom is 0.286 e. The average Bonchev–Trinajstić information content (AvgIpc) is 3.02. The zero-order chi connectivity index (χ0) is 15.4. The van der Waals surface area contributed by atoms with Crippen molar-refractivity contribution in [3.8, 4) is 17.1 Å². The Kier molecular flexibility index (Phi) is 4.20. The van der Waals surface area contributed by atoms with Crippen LogP contribution in [0.2, 0.25) is 0 Å². The molecule has 1 heterocycles. The molecule has 0 aliphatic heterocycles. The highest BCUT2D eigenvalue weighted by atomic mass is 32.2. The number of aromatic nitrogens is 2. The second kappa shape index (κ2) is 6.44. The van der Waals surface area contributed by atoms with Gasteiger partial charge in [0.2, 0.25) is 5.82 Å². The minimum Gasteiger partial charge on any atom is -0.507 e. The highest BCUT2D eigenvalue weighted by Crippen LogP contribution is 2.28. The van der Waals surface area contributed by atoms with Crippen molar-refractivity contribution < 1.29 is 14.4 Å². The van der Waals surface area contributed by atoms with Crippen LogP contribution in [-0.4, -0.2) is 26.8 Å². The third-order valence-corrected chi connectivity index (χ3v) is 3.79. The van der Waals surface area contributed by atoms with E-state index in [1.807, 2.05) is 18.2 Å². The fraction of sp³-hybridized carbons (Fsp3) is 0.0625. The lowest BCUT2D eigenvalue weighted by molar-refractivity contribution is 0.102. The molecule has 0 amide bonds. The number of Topliss-reactive ketones (excluding diaryl/α,β-unsaturated/α-hetero) is 1. The summed E-state index contributed by atoms with van der Waals surface area (Å²) in [6.45, 7) is 0. The molecule has 0 radical (unpaired) electrons. The number of rotatable bonds is 5. The van der Waals surface area contributed by atoms with E-state index in [1.54, 1.807) is 36.4 Å². The van der Waals surface area contributed by atoms with E-state index in [4.69, 9.17) is 4.52 Å². The molecule has 0 fully saturated rings. The Morgan fingerprint density at radius 1 is 1.09 bits per heavy atom. The summed E-state index contributed by atoms with van der Waals surface area (Å²) in [7, 11) is 0. The number of aromatic hydroxyl groups is 1. The zero-order valence-electron chi connectivity index (χ0n) is 11.5. The second-order valence-electron chi connectivity index (χ2n) is 4.48. The van der Waals surface area contributed by atoms with Crippen LogP contribution in [0.15, 0.2) is 64.3 Å². The van der Waals surface area contributed by atoms with E-state index in [2.05, 4.69) is 10.1 Å². The normalized spacial score (nSPS) is 10.5. The van der Waals surface area contributed by atoms with E-state index in [9.17, 15) is 9.90 Å². The number of nitrogens with zero attached hydrogens (tertiary/aromatic N) is 2. The van der Waals surface area contributed by atoms with Gasteiger partial charge in [0, 0.05) is 5.56 Å². The first kappa shape index (κ1) is 14.3. The van der Waals surface area contributed by atoms with Crippen LogP contribution < -0.4 is 0 Å². The maximum atomic E-state index is 12.0. The van der Waals surface area contributed by atoms with Crippen molar-refractivity contribution in [3.05, 3.63) is 60.2 Å². The summed E-state index contributed by atoms with van der Waals surface area (Å²) in [6, 6.07) is 15.8. The second-order valence-corrected chi connectivity index (χ2v) is 5.41. The molecule has 5 nitrogen and oxygen atoms in total. The number of hydrogen-bond acceptors (Lipinski definition) is 6. The van der Waals surface area contributed by atoms with Gasteiger partial charge in [-0.05, 0) is 12.1 Å². The van der Waals surface area contributed by atoms with Crippen LogP contribution in [0, 0.1) is 0 Å². The molecule has 3 rings (SSSR count). The van der Waals surface area contributed by atoms with E-state index in [-0.39, 0.29) is 17.3 Å². The lowest BCUT2D eigenvalue weighted by Crippen LogP contribution is -2.01. The van der Waals surface area contributed by atoms with E-state index < -0.39 is 0 Å². The highest BCUT2D eigenvalue weighted by Gasteiger charge is 2.14. The van der Waals surface area contributed by atoms with Crippen LogP contribution in [0.4, 0.5) is 0 Å². The maximum absolute atomic E-state index is 12.0. The smallest absolute Gasteiger partial charge is 0.286 e. The van der Waals surface area contributed by atoms with Crippen LogP contribution in [0.5, 0.6) is 5.75 Å². The van der Waals surface area contributed by atoms with E-state index >= 15 is 0 Å². The molecule has 6 heteroatoms. The first-order valence-corrected chi connectivity index (χ1v) is 7.56. The molecule has 0 spiro atoms. The summed E-state index contributed by atoms with van der Waals surface area (Å²) in [4.78, 5) is 16.2. The lowest BCUT2D eigenvalue weighted by Gasteiger charge is -1.98. The third kappa shape index (κ3) is 3.17. The van der Waals surface area contributed by atoms with Crippen LogP contribution in [0.3, 0.4) is 0 Å². The third-order valence-electron chi connectivity index (χ3n) is 2.97. The Bertz CT molecular complexity index is 787. The van der Waals surface area contributed by atoms with Gasteiger partial charge in [0.1, 0.15) is 5.75 Å². The molecule has 0 aliphatic carbocycles. The molecule has 0 bridgehead atoms. The summed E-state index contributed by atoms with van der Waals surface area (Å²) in [5.41, 5.74) is 1.14. The van der Waals surface area contributed by atoms with Crippen molar-refractivity contribution in [3.63, 3.8) is 0 Å². The van der Waals surface area contributed by atoms with Crippen LogP contribution in [-0.2, 0) is 0 Å². The number of phenolic OH excluding ortho intramolecular Hbond substituents is 1. The molecular weight excluding hydrogens is 300 g/mol. The average molecular weight is 312 g/mol. The van der Waals surface area contributed by atoms with Gasteiger partial charge in [-0.3, -0.25) is 4.79 Å². The Hall–Kier alpha value is -2.60. The van der Waals surface area contributed by atoms with Gasteiger partial charge in [0.05, 0.1) is 11.3 Å². The molecule has 0 aliphatic rings. The fourth-order valence-electron chi connectivity index (χ4n) is 1.87. The minimum absolute atomic E-state index is 0.00657. The Labute approximate surface area is 131 Å². The van der Waals surface area contributed by atoms with E-state index in [0.29, 0.717) is 22.2 Å². The van der Waals surface area contributed by atoms with Gasteiger partial charge in [-0.15, -0.1) is 0 Å². The van der Waals surface area contributed by atoms with Crippen LogP contribution >= 0.6 is 11.8 Å². The van der Waals surface area contributed by atoms with Crippen molar-refractivity contribution >= 4 is 17.5 Å². The monoisotopic (exact) mass is 312 g/mol. The molecule has 110 valence electrons. The largest absolute Gasteiger partial charge is 0.507 e. The Morgan fingerprint density at radius 2 is 1.82 bits per heavy atom. The molecule has 1 N–H and O–H groups in total. The highest BCUT2D eigenvalue weighted by molar-refractivity contribution is 7.99. The molecule has 22 heavy (non-hydrogen) atoms. The predicted octanol–water partition coefficient (Wildman–Crippen LogP) is 3.42. The first-order chi connectivity index (χ1) is 10.7. The quantitative estimate of drug-likeness (QED) is 0.574. The van der Waals surface area contributed by atoms with Crippen LogP contribution in [0.25, 0.3) is 11.4 Å². The summed E-state index contributed by atoms with van der Waals surface area (Å²) in [5.74, 6) is 0.591. The molecule has 0 saturated carbocycles. The summed E-state index contributed by atoms with van der Waals surface area (Å²) in [5, 5.41) is 13.9. The number of benzene rings is 2. The predicted molar refractivity (Wildman–Crippen MR) is 82.9 cm³/mol. The summed E-state index contributed by atoms with van der Waals surface area (Å²) < 4.78 is 5.10. The molecule has 0 atom stereocenters. The zero-order valence-corrected chi connectivity index (χ0v) is 12.3. The van der Waals surface area contributed by atoms with Gasteiger partial charge in [0.15, 0.2) is 5.78 Å². The summed E-state index contributed by atoms with van der Waals surface area (Å²) >= 11 is 1.17. The van der Waals surface area contributed by atoms with Gasteiger partial charge >= 0.3 is 0 Å². The lowest BCUT2D eigenvalue weighted by atomic mass is 10.2. The molecule has 0 saturated heterocycles. The Morgan fingerprint density at radius 3 is 2.59 bits per heavy atom. The van der Waals surface area contributed by atoms with Crippen LogP contribution in [0.1, 0.15) is 10.4 Å². The molecule has 1 aromatic heterocycles. The number of thioether (sulfide) groups is 1. The number of ketones is 1. The van der Waals surface area contributed by atoms with Crippen molar-refractivity contribution in [1.82, 2.24) is 10.1 Å². The van der Waals surface area contributed by atoms with Gasteiger partial charge in [-0.25, -0.2) is 0 Å². The summed E-state index contributed by atoms with van der Waals surface area (Å²) in [6.07, 6.45) is 0. The van der Waals surface area contributed by atoms with Gasteiger partial charge in [0.25, 0.3) is 5.22 Å². The minimum atomic E-state index is -0.00657. The van der Waals surface area contributed by atoms with Gasteiger partial charge in [-0.2, -0.15) is 4.98 Å². The standard InChI is InChI=1S/C16H12N2O3S/c19-13-9-5-4-8-12(13)15-17-16(21-18-15)22-10-14(20)11-6-2-1-3-7-11/h1-9,19H,10H2. The fourth-order valence-corrected chi connectivity index (χ4v) is 2.54. The molecule has 2 aromatic carbocycles. The molecule has 3 aromatic rings. The van der Waals surface area contributed by atoms with Crippen molar-refractivity contribution in [2.75, 3.05) is 5.75 Å². The number of para-hydroxylation sites is 1. The number of carbonyl (C=O) groups excluding carboxylic acids is 1. The topological polar surface area (TPSA) is 76.2 Å². The first-order valence-electron chi connectivity index (χ1n) is 6.57. The Balaban J connectivity index is 1.68. The van der Waals surface area contributed by atoms with E-state index in [1.165, 1.54) is 11.8 Å². The molecular formula is C16H12N2O3S. The van der Waals surface area contributed by atoms with Crippen molar-refractivity contribution in [1.29, 1.82) is 0 Å². The van der Waals surface area contributed by atoms with Gasteiger partial charge in [-0.1, -0.05) is 59.4 Å².